The Labute approximate surface area is 132 Å². The van der Waals surface area contributed by atoms with Crippen molar-refractivity contribution in [1.29, 1.82) is 0 Å². The van der Waals surface area contributed by atoms with Crippen molar-refractivity contribution >= 4 is 6.08 Å². The fraction of sp³-hybridized carbons (Fsp3) is 0.588. The molecule has 122 valence electrons. The van der Waals surface area contributed by atoms with Crippen molar-refractivity contribution in [3.8, 4) is 5.75 Å². The Kier molecular flexibility index (Phi) is 7.36. The topological polar surface area (TPSA) is 43.8 Å². The highest BCUT2D eigenvalue weighted by Crippen LogP contribution is 2.17. The lowest BCUT2D eigenvalue weighted by molar-refractivity contribution is -0.165. The van der Waals surface area contributed by atoms with E-state index in [-0.39, 0.29) is 6.29 Å². The molecule has 5 heteroatoms. The van der Waals surface area contributed by atoms with Crippen molar-refractivity contribution in [1.82, 2.24) is 9.88 Å². The third-order valence-electron chi connectivity index (χ3n) is 3.33. The Morgan fingerprint density at radius 1 is 1.36 bits per heavy atom. The third-order valence-corrected chi connectivity index (χ3v) is 3.33. The van der Waals surface area contributed by atoms with E-state index < -0.39 is 0 Å². The molecule has 22 heavy (non-hydrogen) atoms. The molecule has 0 aliphatic carbocycles. The summed E-state index contributed by atoms with van der Waals surface area (Å²) >= 11 is 0. The summed E-state index contributed by atoms with van der Waals surface area (Å²) in [5.41, 5.74) is 0.846. The maximum absolute atomic E-state index is 5.78. The Hall–Kier alpha value is -1.43. The van der Waals surface area contributed by atoms with Crippen molar-refractivity contribution in [2.45, 2.75) is 25.6 Å². The molecule has 1 saturated heterocycles. The van der Waals surface area contributed by atoms with E-state index in [1.165, 1.54) is 6.42 Å². The van der Waals surface area contributed by atoms with Crippen LogP contribution < -0.4 is 4.74 Å². The largest absolute Gasteiger partial charge is 0.489 e. The van der Waals surface area contributed by atoms with Gasteiger partial charge in [0.05, 0.1) is 6.61 Å². The van der Waals surface area contributed by atoms with Gasteiger partial charge in [0.15, 0.2) is 6.29 Å². The quantitative estimate of drug-likeness (QED) is 0.691. The average Bonchev–Trinajstić information content (AvgIpc) is 2.53. The molecule has 2 heterocycles. The fourth-order valence-corrected chi connectivity index (χ4v) is 2.20. The van der Waals surface area contributed by atoms with Gasteiger partial charge < -0.3 is 19.1 Å². The Balaban J connectivity index is 1.75. The molecule has 0 bridgehead atoms. The standard InChI is InChI=1S/C17H26N2O3/c1-19(2)11-6-7-15-16(8-5-10-18-15)20-13-14-22-17-9-3-4-12-21-17/h5-8,10,17H,3-4,9,11-14H2,1-2H3/b7-6+. The first-order chi connectivity index (χ1) is 10.8. The van der Waals surface area contributed by atoms with Crippen LogP contribution >= 0.6 is 0 Å². The zero-order valence-corrected chi connectivity index (χ0v) is 13.5. The molecule has 0 spiro atoms. The van der Waals surface area contributed by atoms with Crippen molar-refractivity contribution < 1.29 is 14.2 Å². The molecule has 0 N–H and O–H groups in total. The van der Waals surface area contributed by atoms with Crippen LogP contribution in [-0.2, 0) is 9.47 Å². The van der Waals surface area contributed by atoms with E-state index in [1.807, 2.05) is 32.3 Å². The second kappa shape index (κ2) is 9.56. The van der Waals surface area contributed by atoms with E-state index in [0.29, 0.717) is 13.2 Å². The molecule has 1 unspecified atom stereocenters. The first-order valence-corrected chi connectivity index (χ1v) is 7.88. The van der Waals surface area contributed by atoms with Gasteiger partial charge in [-0.2, -0.15) is 0 Å². The molecule has 1 aliphatic rings. The summed E-state index contributed by atoms with van der Waals surface area (Å²) in [6.45, 7) is 2.70. The number of likely N-dealkylation sites (N-methyl/N-ethyl adjacent to an activating group) is 1. The van der Waals surface area contributed by atoms with E-state index in [1.54, 1.807) is 6.20 Å². The summed E-state index contributed by atoms with van der Waals surface area (Å²) in [5, 5.41) is 0. The lowest BCUT2D eigenvalue weighted by atomic mass is 10.2. The zero-order valence-electron chi connectivity index (χ0n) is 13.5. The van der Waals surface area contributed by atoms with E-state index in [0.717, 1.165) is 37.4 Å². The van der Waals surface area contributed by atoms with Crippen molar-refractivity contribution in [2.24, 2.45) is 0 Å². The second-order valence-corrected chi connectivity index (χ2v) is 5.57. The monoisotopic (exact) mass is 306 g/mol. The first kappa shape index (κ1) is 16.9. The highest BCUT2D eigenvalue weighted by molar-refractivity contribution is 5.52. The van der Waals surface area contributed by atoms with Crippen molar-refractivity contribution in [3.63, 3.8) is 0 Å². The van der Waals surface area contributed by atoms with Crippen molar-refractivity contribution in [2.75, 3.05) is 40.5 Å². The number of hydrogen-bond donors (Lipinski definition) is 0. The van der Waals surface area contributed by atoms with Crippen LogP contribution in [0, 0.1) is 0 Å². The zero-order chi connectivity index (χ0) is 15.6. The van der Waals surface area contributed by atoms with Gasteiger partial charge in [-0.05, 0) is 51.6 Å². The molecule has 1 atom stereocenters. The number of rotatable bonds is 8. The summed E-state index contributed by atoms with van der Waals surface area (Å²) in [5.74, 6) is 0.783. The molecule has 1 aromatic heterocycles. The number of aromatic nitrogens is 1. The number of ether oxygens (including phenoxy) is 3. The van der Waals surface area contributed by atoms with E-state index in [2.05, 4.69) is 16.0 Å². The minimum absolute atomic E-state index is 0.0642. The maximum Gasteiger partial charge on any atom is 0.157 e. The SMILES string of the molecule is CN(C)C/C=C/c1ncccc1OCCOC1CCCCO1. The number of nitrogens with zero attached hydrogens (tertiary/aromatic N) is 2. The Morgan fingerprint density at radius 3 is 3.05 bits per heavy atom. The molecular weight excluding hydrogens is 280 g/mol. The molecule has 2 rings (SSSR count). The second-order valence-electron chi connectivity index (χ2n) is 5.57. The van der Waals surface area contributed by atoms with Gasteiger partial charge in [0.25, 0.3) is 0 Å². The smallest absolute Gasteiger partial charge is 0.157 e. The van der Waals surface area contributed by atoms with E-state index in [9.17, 15) is 0 Å². The molecule has 0 radical (unpaired) electrons. The highest BCUT2D eigenvalue weighted by Gasteiger charge is 2.13. The summed E-state index contributed by atoms with van der Waals surface area (Å²) in [6.07, 6.45) is 9.05. The summed E-state index contributed by atoms with van der Waals surface area (Å²) in [4.78, 5) is 6.44. The van der Waals surface area contributed by atoms with Crippen LogP contribution in [0.3, 0.4) is 0 Å². The Bertz CT molecular complexity index is 457. The average molecular weight is 306 g/mol. The molecule has 1 aromatic rings. The lowest BCUT2D eigenvalue weighted by Gasteiger charge is -2.22. The normalized spacial score (nSPS) is 19.0. The van der Waals surface area contributed by atoms with Gasteiger partial charge >= 0.3 is 0 Å². The van der Waals surface area contributed by atoms with Gasteiger partial charge in [0.1, 0.15) is 18.1 Å². The summed E-state index contributed by atoms with van der Waals surface area (Å²) < 4.78 is 17.0. The predicted octanol–water partition coefficient (Wildman–Crippen LogP) is 2.58. The summed E-state index contributed by atoms with van der Waals surface area (Å²) in [7, 11) is 4.07. The maximum atomic E-state index is 5.78. The van der Waals surface area contributed by atoms with Crippen LogP contribution in [0.5, 0.6) is 5.75 Å². The van der Waals surface area contributed by atoms with Gasteiger partial charge in [0.2, 0.25) is 0 Å². The van der Waals surface area contributed by atoms with Gasteiger partial charge in [0, 0.05) is 19.3 Å². The number of pyridine rings is 1. The predicted molar refractivity (Wildman–Crippen MR) is 86.9 cm³/mol. The molecule has 5 nitrogen and oxygen atoms in total. The van der Waals surface area contributed by atoms with E-state index >= 15 is 0 Å². The molecule has 1 aliphatic heterocycles. The van der Waals surface area contributed by atoms with Gasteiger partial charge in [-0.1, -0.05) is 6.08 Å². The van der Waals surface area contributed by atoms with E-state index in [4.69, 9.17) is 14.2 Å². The van der Waals surface area contributed by atoms with Gasteiger partial charge in [-0.15, -0.1) is 0 Å². The van der Waals surface area contributed by atoms with Gasteiger partial charge in [-0.3, -0.25) is 4.98 Å². The third kappa shape index (κ3) is 6.13. The van der Waals surface area contributed by atoms with Crippen LogP contribution in [0.2, 0.25) is 0 Å². The lowest BCUT2D eigenvalue weighted by Crippen LogP contribution is -2.24. The van der Waals surface area contributed by atoms with Crippen LogP contribution in [0.25, 0.3) is 6.08 Å². The van der Waals surface area contributed by atoms with Gasteiger partial charge in [-0.25, -0.2) is 0 Å². The molecule has 0 amide bonds. The summed E-state index contributed by atoms with van der Waals surface area (Å²) in [6, 6.07) is 3.81. The van der Waals surface area contributed by atoms with Crippen LogP contribution in [0.1, 0.15) is 25.0 Å². The molecule has 0 saturated carbocycles. The highest BCUT2D eigenvalue weighted by atomic mass is 16.7. The molecular formula is C17H26N2O3. The molecule has 0 aromatic carbocycles. The van der Waals surface area contributed by atoms with Crippen LogP contribution in [-0.4, -0.2) is 56.6 Å². The minimum atomic E-state index is -0.0642. The van der Waals surface area contributed by atoms with Crippen molar-refractivity contribution in [3.05, 3.63) is 30.1 Å². The van der Waals surface area contributed by atoms with Crippen LogP contribution in [0.4, 0.5) is 0 Å². The van der Waals surface area contributed by atoms with Crippen LogP contribution in [0.15, 0.2) is 24.4 Å². The fourth-order valence-electron chi connectivity index (χ4n) is 2.20. The molecule has 1 fully saturated rings. The Morgan fingerprint density at radius 2 is 2.27 bits per heavy atom. The number of hydrogen-bond acceptors (Lipinski definition) is 5. The first-order valence-electron chi connectivity index (χ1n) is 7.88. The minimum Gasteiger partial charge on any atom is -0.489 e.